The lowest BCUT2D eigenvalue weighted by atomic mass is 9.79. The fourth-order valence-electron chi connectivity index (χ4n) is 5.39. The summed E-state index contributed by atoms with van der Waals surface area (Å²) in [7, 11) is 0. The number of nitrogens with zero attached hydrogens (tertiary/aromatic N) is 2. The zero-order chi connectivity index (χ0) is 22.6. The molecule has 0 saturated heterocycles. The topological polar surface area (TPSA) is 85.3 Å². The van der Waals surface area contributed by atoms with Gasteiger partial charge in [-0.1, -0.05) is 25.7 Å². The van der Waals surface area contributed by atoms with Crippen molar-refractivity contribution >= 4 is 23.7 Å². The third kappa shape index (κ3) is 4.82. The van der Waals surface area contributed by atoms with E-state index >= 15 is 0 Å². The van der Waals surface area contributed by atoms with Crippen LogP contribution in [0.15, 0.2) is 56.3 Å². The van der Waals surface area contributed by atoms with Crippen LogP contribution < -0.4 is 0 Å². The van der Waals surface area contributed by atoms with Crippen LogP contribution in [0.3, 0.4) is 0 Å². The second-order valence-corrected chi connectivity index (χ2v) is 9.22. The van der Waals surface area contributed by atoms with Gasteiger partial charge in [0.05, 0.1) is 18.2 Å². The molecule has 0 radical (unpaired) electrons. The smallest absolute Gasteiger partial charge is 0.306 e. The third-order valence-electron chi connectivity index (χ3n) is 7.04. The second kappa shape index (κ2) is 9.81. The maximum atomic E-state index is 13.1. The molecule has 0 N–H and O–H groups in total. The van der Waals surface area contributed by atoms with Crippen molar-refractivity contribution in [2.24, 2.45) is 16.9 Å². The molecule has 3 heterocycles. The summed E-state index contributed by atoms with van der Waals surface area (Å²) in [5.74, 6) is 1.47. The monoisotopic (exact) mass is 450 g/mol. The molecule has 7 heteroatoms. The van der Waals surface area contributed by atoms with Gasteiger partial charge in [0.15, 0.2) is 6.61 Å². The van der Waals surface area contributed by atoms with Gasteiger partial charge in [0.25, 0.3) is 5.91 Å². The van der Waals surface area contributed by atoms with Gasteiger partial charge in [0.1, 0.15) is 17.6 Å². The lowest BCUT2D eigenvalue weighted by molar-refractivity contribution is -0.153. The average molecular weight is 451 g/mol. The van der Waals surface area contributed by atoms with E-state index in [0.717, 1.165) is 42.7 Å². The van der Waals surface area contributed by atoms with Crippen LogP contribution in [-0.2, 0) is 14.3 Å². The molecular weight excluding hydrogens is 420 g/mol. The van der Waals surface area contributed by atoms with Crippen molar-refractivity contribution in [1.82, 2.24) is 5.01 Å². The molecule has 33 heavy (non-hydrogen) atoms. The number of esters is 1. The van der Waals surface area contributed by atoms with Crippen LogP contribution >= 0.6 is 0 Å². The maximum absolute atomic E-state index is 13.1. The molecule has 5 rings (SSSR count). The highest BCUT2D eigenvalue weighted by Gasteiger charge is 2.45. The standard InChI is InChI=1S/C26H30N2O5/c29-23(17-33-24(30)13-12-18-6-1-2-7-18)28-26(22-11-5-15-32-22)21-10-3-8-19(25(21)27-28)16-20-9-4-14-31-20/h4-5,9,11,14-16,18,21,26H,1-3,6-8,10,12-13,17H2. The Balaban J connectivity index is 1.30. The van der Waals surface area contributed by atoms with Crippen LogP contribution in [0.5, 0.6) is 0 Å². The van der Waals surface area contributed by atoms with Crippen molar-refractivity contribution in [1.29, 1.82) is 0 Å². The second-order valence-electron chi connectivity index (χ2n) is 9.22. The van der Waals surface area contributed by atoms with Gasteiger partial charge in [-0.05, 0) is 67.5 Å². The molecule has 174 valence electrons. The number of hydrogen-bond acceptors (Lipinski definition) is 6. The quantitative estimate of drug-likeness (QED) is 0.519. The summed E-state index contributed by atoms with van der Waals surface area (Å²) in [6, 6.07) is 7.12. The third-order valence-corrected chi connectivity index (χ3v) is 7.04. The number of hydrazone groups is 1. The molecule has 2 atom stereocenters. The van der Waals surface area contributed by atoms with Crippen molar-refractivity contribution in [2.75, 3.05) is 6.61 Å². The van der Waals surface area contributed by atoms with Gasteiger partial charge >= 0.3 is 5.97 Å². The first-order valence-electron chi connectivity index (χ1n) is 12.0. The van der Waals surface area contributed by atoms with E-state index in [-0.39, 0.29) is 30.4 Å². The number of fused-ring (bicyclic) bond motifs is 1. The first-order valence-corrected chi connectivity index (χ1v) is 12.0. The van der Waals surface area contributed by atoms with Gasteiger partial charge in [0, 0.05) is 12.3 Å². The summed E-state index contributed by atoms with van der Waals surface area (Å²) >= 11 is 0. The largest absolute Gasteiger partial charge is 0.467 e. The predicted octanol–water partition coefficient (Wildman–Crippen LogP) is 5.51. The van der Waals surface area contributed by atoms with Gasteiger partial charge < -0.3 is 13.6 Å². The molecule has 2 aromatic rings. The molecule has 7 nitrogen and oxygen atoms in total. The molecule has 3 aliphatic rings. The summed E-state index contributed by atoms with van der Waals surface area (Å²) in [5.41, 5.74) is 1.96. The van der Waals surface area contributed by atoms with E-state index in [1.54, 1.807) is 12.5 Å². The van der Waals surface area contributed by atoms with E-state index < -0.39 is 0 Å². The highest BCUT2D eigenvalue weighted by atomic mass is 16.5. The van der Waals surface area contributed by atoms with Crippen LogP contribution in [-0.4, -0.2) is 29.2 Å². The highest BCUT2D eigenvalue weighted by molar-refractivity contribution is 6.08. The summed E-state index contributed by atoms with van der Waals surface area (Å²) in [4.78, 5) is 25.4. The predicted molar refractivity (Wildman–Crippen MR) is 122 cm³/mol. The SMILES string of the molecule is O=C(CCC1CCCC1)OCC(=O)N1N=C2C(=Cc3ccco3)CCCC2C1c1ccco1. The van der Waals surface area contributed by atoms with E-state index in [4.69, 9.17) is 18.7 Å². The Morgan fingerprint density at radius 3 is 2.67 bits per heavy atom. The van der Waals surface area contributed by atoms with Crippen LogP contribution in [0.2, 0.25) is 0 Å². The van der Waals surface area contributed by atoms with Crippen LogP contribution in [0, 0.1) is 11.8 Å². The number of ether oxygens (including phenoxy) is 1. The van der Waals surface area contributed by atoms with Crippen molar-refractivity contribution in [3.63, 3.8) is 0 Å². The van der Waals surface area contributed by atoms with E-state index in [9.17, 15) is 9.59 Å². The highest BCUT2D eigenvalue weighted by Crippen LogP contribution is 2.44. The van der Waals surface area contributed by atoms with E-state index in [1.807, 2.05) is 30.3 Å². The Morgan fingerprint density at radius 1 is 1.09 bits per heavy atom. The Hall–Kier alpha value is -3.09. The Labute approximate surface area is 193 Å². The van der Waals surface area contributed by atoms with E-state index in [2.05, 4.69) is 0 Å². The first kappa shape index (κ1) is 21.7. The van der Waals surface area contributed by atoms with Gasteiger partial charge in [0.2, 0.25) is 0 Å². The Kier molecular flexibility index (Phi) is 6.46. The van der Waals surface area contributed by atoms with Crippen LogP contribution in [0.4, 0.5) is 0 Å². The molecule has 1 aliphatic heterocycles. The van der Waals surface area contributed by atoms with Gasteiger partial charge in [-0.25, -0.2) is 5.01 Å². The number of hydrogen-bond donors (Lipinski definition) is 0. The molecule has 1 amide bonds. The summed E-state index contributed by atoms with van der Waals surface area (Å²) in [5, 5.41) is 6.20. The zero-order valence-electron chi connectivity index (χ0n) is 18.8. The van der Waals surface area contributed by atoms with Gasteiger partial charge in [-0.15, -0.1) is 0 Å². The van der Waals surface area contributed by atoms with Crippen molar-refractivity contribution in [2.45, 2.75) is 63.8 Å². The van der Waals surface area contributed by atoms with Crippen molar-refractivity contribution < 1.29 is 23.2 Å². The number of rotatable bonds is 7. The molecule has 2 unspecified atom stereocenters. The molecular formula is C26H30N2O5. The minimum Gasteiger partial charge on any atom is -0.467 e. The number of carbonyl (C=O) groups excluding carboxylic acids is 2. The lowest BCUT2D eigenvalue weighted by Gasteiger charge is -2.27. The summed E-state index contributed by atoms with van der Waals surface area (Å²) < 4.78 is 16.5. The molecule has 2 aliphatic carbocycles. The fourth-order valence-corrected chi connectivity index (χ4v) is 5.39. The van der Waals surface area contributed by atoms with Crippen molar-refractivity contribution in [3.8, 4) is 0 Å². The average Bonchev–Trinajstić information content (AvgIpc) is 3.61. The van der Waals surface area contributed by atoms with Crippen molar-refractivity contribution in [3.05, 3.63) is 53.9 Å². The number of allylic oxidation sites excluding steroid dienone is 1. The van der Waals surface area contributed by atoms with Crippen LogP contribution in [0.25, 0.3) is 6.08 Å². The minimum absolute atomic E-state index is 0.0353. The normalized spacial score (nSPS) is 24.2. The number of carbonyl (C=O) groups is 2. The van der Waals surface area contributed by atoms with Crippen LogP contribution in [0.1, 0.15) is 75.3 Å². The van der Waals surface area contributed by atoms with Gasteiger partial charge in [-0.2, -0.15) is 5.10 Å². The molecule has 2 fully saturated rings. The lowest BCUT2D eigenvalue weighted by Crippen LogP contribution is -2.34. The molecule has 2 saturated carbocycles. The molecule has 0 spiro atoms. The fraction of sp³-hybridized carbons (Fsp3) is 0.500. The van der Waals surface area contributed by atoms with Gasteiger partial charge in [-0.3, -0.25) is 9.59 Å². The minimum atomic E-state index is -0.333. The van der Waals surface area contributed by atoms with E-state index in [0.29, 0.717) is 18.1 Å². The molecule has 2 aromatic heterocycles. The first-order chi connectivity index (χ1) is 16.2. The summed E-state index contributed by atoms with van der Waals surface area (Å²) in [6.45, 7) is -0.304. The Morgan fingerprint density at radius 2 is 1.91 bits per heavy atom. The molecule has 0 aromatic carbocycles. The Bertz CT molecular complexity index is 1020. The number of amides is 1. The number of furan rings is 2. The molecule has 0 bridgehead atoms. The maximum Gasteiger partial charge on any atom is 0.306 e. The zero-order valence-corrected chi connectivity index (χ0v) is 18.8. The summed E-state index contributed by atoms with van der Waals surface area (Å²) in [6.07, 6.45) is 14.1. The van der Waals surface area contributed by atoms with E-state index in [1.165, 1.54) is 30.7 Å².